The smallest absolute Gasteiger partial charge is 0.0725 e. The molecular formula is C59H39N. The van der Waals surface area contributed by atoms with Crippen molar-refractivity contribution in [3.8, 4) is 55.6 Å². The van der Waals surface area contributed by atoms with Crippen LogP contribution in [0.1, 0.15) is 36.0 Å². The molecule has 10 aromatic rings. The van der Waals surface area contributed by atoms with Gasteiger partial charge in [-0.05, 0) is 120 Å². The van der Waals surface area contributed by atoms with Crippen LogP contribution in [-0.4, -0.2) is 0 Å². The Morgan fingerprint density at radius 1 is 0.317 bits per heavy atom. The van der Waals surface area contributed by atoms with Gasteiger partial charge in [0.1, 0.15) is 0 Å². The van der Waals surface area contributed by atoms with E-state index in [4.69, 9.17) is 13.7 Å². The number of nitrogens with zero attached hydrogens (tertiary/aromatic N) is 1. The fourth-order valence-corrected chi connectivity index (χ4v) is 9.76. The molecule has 0 N–H and O–H groups in total. The van der Waals surface area contributed by atoms with E-state index < -0.39 is 41.7 Å². The Balaban J connectivity index is 1.04. The summed E-state index contributed by atoms with van der Waals surface area (Å²) in [7, 11) is 0. The van der Waals surface area contributed by atoms with Crippen molar-refractivity contribution in [1.82, 2.24) is 0 Å². The Hall–Kier alpha value is -7.74. The van der Waals surface area contributed by atoms with E-state index in [1.807, 2.05) is 36.4 Å². The van der Waals surface area contributed by atoms with Crippen molar-refractivity contribution in [3.05, 3.63) is 259 Å². The van der Waals surface area contributed by atoms with Crippen LogP contribution >= 0.6 is 0 Å². The van der Waals surface area contributed by atoms with Crippen molar-refractivity contribution in [2.45, 2.75) is 5.41 Å². The average Bonchev–Trinajstić information content (AvgIpc) is 3.87. The molecule has 0 saturated carbocycles. The predicted octanol–water partition coefficient (Wildman–Crippen LogP) is 15.7. The molecule has 10 aromatic carbocycles. The second-order valence-electron chi connectivity index (χ2n) is 15.3. The van der Waals surface area contributed by atoms with E-state index in [1.54, 1.807) is 24.3 Å². The number of fused-ring (bicyclic) bond motifs is 11. The number of hydrogen-bond donors (Lipinski definition) is 0. The molecule has 1 nitrogen and oxygen atoms in total. The van der Waals surface area contributed by atoms with Gasteiger partial charge in [-0.25, -0.2) is 0 Å². The number of hydrogen-bond acceptors (Lipinski definition) is 1. The summed E-state index contributed by atoms with van der Waals surface area (Å²) >= 11 is 0. The highest BCUT2D eigenvalue weighted by atomic mass is 15.1. The van der Waals surface area contributed by atoms with Crippen LogP contribution in [0.3, 0.4) is 0 Å². The Bertz CT molecular complexity index is 3610. The molecule has 0 radical (unpaired) electrons. The van der Waals surface area contributed by atoms with E-state index in [1.165, 1.54) is 44.5 Å². The second kappa shape index (κ2) is 13.7. The first kappa shape index (κ1) is 25.6. The molecule has 2 aliphatic carbocycles. The third-order valence-corrected chi connectivity index (χ3v) is 12.3. The van der Waals surface area contributed by atoms with Gasteiger partial charge in [0, 0.05) is 16.8 Å². The Kier molecular flexibility index (Phi) is 5.84. The van der Waals surface area contributed by atoms with Crippen molar-refractivity contribution in [2.24, 2.45) is 0 Å². The summed E-state index contributed by atoms with van der Waals surface area (Å²) in [6.45, 7) is 0. The summed E-state index contributed by atoms with van der Waals surface area (Å²) in [6, 6.07) is 56.5. The van der Waals surface area contributed by atoms with Gasteiger partial charge in [0.25, 0.3) is 0 Å². The molecule has 0 saturated heterocycles. The molecule has 1 heteroatoms. The lowest BCUT2D eigenvalue weighted by Crippen LogP contribution is -2.25. The van der Waals surface area contributed by atoms with E-state index >= 15 is 0 Å². The van der Waals surface area contributed by atoms with Crippen LogP contribution in [0, 0.1) is 0 Å². The minimum absolute atomic E-state index is 0.102. The minimum atomic E-state index is -0.510. The summed E-state index contributed by atoms with van der Waals surface area (Å²) in [4.78, 5) is 2.07. The lowest BCUT2D eigenvalue weighted by Gasteiger charge is -2.31. The zero-order chi connectivity index (χ0) is 48.3. The first-order valence-corrected chi connectivity index (χ1v) is 20.0. The fourth-order valence-electron chi connectivity index (χ4n) is 9.76. The molecule has 0 fully saturated rings. The monoisotopic (exact) mass is 771 g/mol. The van der Waals surface area contributed by atoms with E-state index in [0.717, 1.165) is 27.6 Å². The molecule has 2 aliphatic rings. The zero-order valence-electron chi connectivity index (χ0n) is 42.2. The quantitative estimate of drug-likeness (QED) is 0.163. The SMILES string of the molecule is [2H]c1c([2H])c([2H])c(-c2ccc(N(c3ccc(-c4c([2H])c([2H])c([2H])c([2H])c4[2H])cc3)c3ccc(-c4ccc5c(c4)C4(c6ccccc6-c6ccccc64)c4ccccc4-5)c4ccccc34)cc2)c([2H])c1[2H]. The molecule has 0 amide bonds. The predicted molar refractivity (Wildman–Crippen MR) is 251 cm³/mol. The van der Waals surface area contributed by atoms with Crippen LogP contribution in [0.5, 0.6) is 0 Å². The zero-order valence-corrected chi connectivity index (χ0v) is 32.2. The van der Waals surface area contributed by atoms with Gasteiger partial charge in [-0.1, -0.05) is 200 Å². The molecule has 0 bridgehead atoms. The molecule has 60 heavy (non-hydrogen) atoms. The Morgan fingerprint density at radius 2 is 0.733 bits per heavy atom. The summed E-state index contributed by atoms with van der Waals surface area (Å²) in [5.74, 6) is 0. The first-order valence-electron chi connectivity index (χ1n) is 25.0. The summed E-state index contributed by atoms with van der Waals surface area (Å²) in [6.07, 6.45) is 0. The normalized spacial score (nSPS) is 15.1. The third kappa shape index (κ3) is 5.13. The van der Waals surface area contributed by atoms with Crippen molar-refractivity contribution in [2.75, 3.05) is 4.90 Å². The minimum Gasteiger partial charge on any atom is -0.310 e. The van der Waals surface area contributed by atoms with E-state index in [0.29, 0.717) is 22.5 Å². The van der Waals surface area contributed by atoms with Crippen LogP contribution in [0.25, 0.3) is 66.4 Å². The highest BCUT2D eigenvalue weighted by Crippen LogP contribution is 2.63. The largest absolute Gasteiger partial charge is 0.310 e. The van der Waals surface area contributed by atoms with E-state index in [2.05, 4.69) is 120 Å². The molecule has 0 atom stereocenters. The number of anilines is 3. The number of benzene rings is 10. The van der Waals surface area contributed by atoms with Crippen LogP contribution in [-0.2, 0) is 5.41 Å². The Labute approximate surface area is 365 Å². The van der Waals surface area contributed by atoms with Gasteiger partial charge in [0.2, 0.25) is 0 Å². The van der Waals surface area contributed by atoms with Crippen LogP contribution in [0.2, 0.25) is 0 Å². The fraction of sp³-hybridized carbons (Fsp3) is 0.0169. The van der Waals surface area contributed by atoms with Gasteiger partial charge in [0.15, 0.2) is 0 Å². The molecule has 0 unspecified atom stereocenters. The third-order valence-electron chi connectivity index (χ3n) is 12.3. The average molecular weight is 772 g/mol. The maximum atomic E-state index is 8.66. The molecule has 12 rings (SSSR count). The maximum absolute atomic E-state index is 8.66. The molecular weight excluding hydrogens is 723 g/mol. The van der Waals surface area contributed by atoms with Gasteiger partial charge in [-0.2, -0.15) is 0 Å². The van der Waals surface area contributed by atoms with Gasteiger partial charge < -0.3 is 4.90 Å². The van der Waals surface area contributed by atoms with Gasteiger partial charge >= 0.3 is 0 Å². The van der Waals surface area contributed by atoms with E-state index in [-0.39, 0.29) is 35.3 Å². The lowest BCUT2D eigenvalue weighted by molar-refractivity contribution is 0.794. The van der Waals surface area contributed by atoms with Crippen molar-refractivity contribution in [3.63, 3.8) is 0 Å². The summed E-state index contributed by atoms with van der Waals surface area (Å²) in [5.41, 5.74) is 14.9. The summed E-state index contributed by atoms with van der Waals surface area (Å²) < 4.78 is 84.2. The standard InChI is InChI=1S/C59H39N/c1-3-15-40(16-4-1)42-27-32-45(33-28-42)60(46-34-29-43(30-35-46)41-17-5-2-6-18-41)58-38-37-47(48-19-7-8-23-53(48)58)44-31-36-52-51-22-11-14-26-56(51)59(57(52)39-44)54-24-12-9-20-49(54)50-21-10-13-25-55(50)59/h1-39H/i1D,2D,3D,4D,5D,6D,15D,16D,17D,18D. The highest BCUT2D eigenvalue weighted by Gasteiger charge is 2.51. The van der Waals surface area contributed by atoms with Crippen molar-refractivity contribution in [1.29, 1.82) is 0 Å². The van der Waals surface area contributed by atoms with Gasteiger partial charge in [0.05, 0.1) is 24.8 Å². The molecule has 0 heterocycles. The topological polar surface area (TPSA) is 3.24 Å². The van der Waals surface area contributed by atoms with Crippen LogP contribution in [0.4, 0.5) is 17.1 Å². The van der Waals surface area contributed by atoms with Crippen LogP contribution < -0.4 is 4.90 Å². The van der Waals surface area contributed by atoms with Gasteiger partial charge in [-0.15, -0.1) is 0 Å². The highest BCUT2D eigenvalue weighted by molar-refractivity contribution is 6.07. The maximum Gasteiger partial charge on any atom is 0.0725 e. The molecule has 280 valence electrons. The van der Waals surface area contributed by atoms with E-state index in [9.17, 15) is 0 Å². The lowest BCUT2D eigenvalue weighted by atomic mass is 9.70. The Morgan fingerprint density at radius 3 is 1.25 bits per heavy atom. The molecule has 1 spiro atoms. The van der Waals surface area contributed by atoms with Gasteiger partial charge in [-0.3, -0.25) is 0 Å². The second-order valence-corrected chi connectivity index (χ2v) is 15.3. The number of rotatable bonds is 6. The molecule has 0 aliphatic heterocycles. The van der Waals surface area contributed by atoms with Crippen LogP contribution in [0.15, 0.2) is 236 Å². The first-order chi connectivity index (χ1) is 33.9. The van der Waals surface area contributed by atoms with Crippen molar-refractivity contribution >= 4 is 27.8 Å². The molecule has 0 aromatic heterocycles. The van der Waals surface area contributed by atoms with Crippen molar-refractivity contribution < 1.29 is 13.7 Å². The summed E-state index contributed by atoms with van der Waals surface area (Å²) in [5, 5.41) is 1.95.